The number of hydrogen-bond donors (Lipinski definition) is 1. The number of benzene rings is 1. The maximum Gasteiger partial charge on any atom is 0.274 e. The molecule has 0 bridgehead atoms. The summed E-state index contributed by atoms with van der Waals surface area (Å²) in [6.07, 6.45) is 1.58. The van der Waals surface area contributed by atoms with E-state index in [1.54, 1.807) is 44.7 Å². The van der Waals surface area contributed by atoms with E-state index in [9.17, 15) is 4.79 Å². The topological polar surface area (TPSA) is 85.8 Å². The number of aromatic nitrogens is 2. The summed E-state index contributed by atoms with van der Waals surface area (Å²) < 4.78 is 15.8. The van der Waals surface area contributed by atoms with Gasteiger partial charge in [0.1, 0.15) is 17.2 Å². The van der Waals surface area contributed by atoms with Gasteiger partial charge in [-0.15, -0.1) is 0 Å². The first-order valence-electron chi connectivity index (χ1n) is 7.90. The Morgan fingerprint density at radius 1 is 1.20 bits per heavy atom. The third-order valence-electron chi connectivity index (χ3n) is 3.82. The van der Waals surface area contributed by atoms with Crippen LogP contribution in [0.4, 0.5) is 11.6 Å². The highest BCUT2D eigenvalue weighted by molar-refractivity contribution is 6.03. The van der Waals surface area contributed by atoms with Crippen LogP contribution in [0.5, 0.6) is 11.5 Å². The van der Waals surface area contributed by atoms with Crippen molar-refractivity contribution in [1.82, 2.24) is 9.97 Å². The predicted octanol–water partition coefficient (Wildman–Crippen LogP) is 1.58. The van der Waals surface area contributed by atoms with Gasteiger partial charge in [0.25, 0.3) is 5.91 Å². The van der Waals surface area contributed by atoms with E-state index in [2.05, 4.69) is 15.3 Å². The minimum absolute atomic E-state index is 0.279. The molecule has 1 fully saturated rings. The molecular formula is C17H20N4O4. The summed E-state index contributed by atoms with van der Waals surface area (Å²) in [6, 6.07) is 6.76. The van der Waals surface area contributed by atoms with Gasteiger partial charge in [0, 0.05) is 25.4 Å². The Labute approximate surface area is 145 Å². The number of nitrogens with one attached hydrogen (secondary N) is 1. The van der Waals surface area contributed by atoms with Gasteiger partial charge in [-0.25, -0.2) is 9.97 Å². The largest absolute Gasteiger partial charge is 0.497 e. The molecule has 2 aromatic rings. The van der Waals surface area contributed by atoms with E-state index in [-0.39, 0.29) is 11.6 Å². The molecule has 8 heteroatoms. The van der Waals surface area contributed by atoms with E-state index >= 15 is 0 Å². The minimum Gasteiger partial charge on any atom is -0.497 e. The number of anilines is 2. The lowest BCUT2D eigenvalue weighted by Gasteiger charge is -2.26. The number of amides is 1. The van der Waals surface area contributed by atoms with Crippen molar-refractivity contribution in [3.63, 3.8) is 0 Å². The summed E-state index contributed by atoms with van der Waals surface area (Å²) in [5, 5.41) is 2.81. The number of morpholine rings is 1. The Bertz CT molecular complexity index is 747. The third kappa shape index (κ3) is 3.97. The van der Waals surface area contributed by atoms with Crippen molar-refractivity contribution in [2.45, 2.75) is 0 Å². The quantitative estimate of drug-likeness (QED) is 0.881. The molecule has 1 aromatic heterocycles. The second-order valence-corrected chi connectivity index (χ2v) is 5.36. The van der Waals surface area contributed by atoms with Crippen LogP contribution >= 0.6 is 0 Å². The summed E-state index contributed by atoms with van der Waals surface area (Å²) in [5.41, 5.74) is 0.791. The zero-order chi connectivity index (χ0) is 17.6. The molecule has 1 N–H and O–H groups in total. The number of carbonyl (C=O) groups is 1. The molecule has 1 aliphatic rings. The smallest absolute Gasteiger partial charge is 0.274 e. The normalized spacial score (nSPS) is 14.1. The number of methoxy groups -OCH3 is 2. The predicted molar refractivity (Wildman–Crippen MR) is 92.6 cm³/mol. The molecule has 132 valence electrons. The molecule has 3 rings (SSSR count). The fraction of sp³-hybridized carbons (Fsp3) is 0.353. The highest BCUT2D eigenvalue weighted by atomic mass is 16.5. The van der Waals surface area contributed by atoms with E-state index in [0.29, 0.717) is 49.4 Å². The van der Waals surface area contributed by atoms with Gasteiger partial charge in [-0.1, -0.05) is 0 Å². The fourth-order valence-corrected chi connectivity index (χ4v) is 2.49. The van der Waals surface area contributed by atoms with Crippen LogP contribution in [-0.2, 0) is 4.74 Å². The van der Waals surface area contributed by atoms with E-state index in [4.69, 9.17) is 14.2 Å². The zero-order valence-electron chi connectivity index (χ0n) is 14.2. The van der Waals surface area contributed by atoms with Crippen molar-refractivity contribution in [1.29, 1.82) is 0 Å². The summed E-state index contributed by atoms with van der Waals surface area (Å²) >= 11 is 0. The molecule has 2 heterocycles. The van der Waals surface area contributed by atoms with Crippen LogP contribution in [-0.4, -0.2) is 56.4 Å². The Kier molecular flexibility index (Phi) is 5.30. The zero-order valence-corrected chi connectivity index (χ0v) is 14.2. The molecule has 8 nitrogen and oxygen atoms in total. The van der Waals surface area contributed by atoms with E-state index < -0.39 is 0 Å². The highest BCUT2D eigenvalue weighted by Crippen LogP contribution is 2.29. The van der Waals surface area contributed by atoms with Crippen LogP contribution in [0.1, 0.15) is 10.5 Å². The van der Waals surface area contributed by atoms with Crippen molar-refractivity contribution in [2.24, 2.45) is 0 Å². The van der Waals surface area contributed by atoms with Crippen LogP contribution < -0.4 is 19.7 Å². The second-order valence-electron chi connectivity index (χ2n) is 5.36. The van der Waals surface area contributed by atoms with Crippen molar-refractivity contribution in [3.05, 3.63) is 36.2 Å². The summed E-state index contributed by atoms with van der Waals surface area (Å²) in [5.74, 6) is 1.33. The number of hydrogen-bond acceptors (Lipinski definition) is 7. The van der Waals surface area contributed by atoms with Gasteiger partial charge in [0.15, 0.2) is 0 Å². The maximum absolute atomic E-state index is 12.6. The number of nitrogens with zero attached hydrogens (tertiary/aromatic N) is 3. The monoisotopic (exact) mass is 344 g/mol. The summed E-state index contributed by atoms with van der Waals surface area (Å²) in [6.45, 7) is 2.66. The molecule has 1 saturated heterocycles. The third-order valence-corrected chi connectivity index (χ3v) is 3.82. The molecule has 0 spiro atoms. The molecule has 0 saturated carbocycles. The first-order valence-corrected chi connectivity index (χ1v) is 7.90. The standard InChI is InChI=1S/C17H20N4O4/c1-23-12-3-4-15(24-2)14(11-12)19-16(22)13-5-6-18-17(20-13)21-7-9-25-10-8-21/h3-6,11H,7-10H2,1-2H3,(H,19,22). The Hall–Kier alpha value is -2.87. The van der Waals surface area contributed by atoms with Crippen LogP contribution in [0.15, 0.2) is 30.5 Å². The summed E-state index contributed by atoms with van der Waals surface area (Å²) in [7, 11) is 3.10. The molecule has 25 heavy (non-hydrogen) atoms. The van der Waals surface area contributed by atoms with Gasteiger partial charge >= 0.3 is 0 Å². The lowest BCUT2D eigenvalue weighted by molar-refractivity contribution is 0.102. The molecule has 0 radical (unpaired) electrons. The van der Waals surface area contributed by atoms with E-state index in [1.807, 2.05) is 4.90 Å². The van der Waals surface area contributed by atoms with Gasteiger partial charge in [0.2, 0.25) is 5.95 Å². The van der Waals surface area contributed by atoms with Crippen LogP contribution in [0.25, 0.3) is 0 Å². The molecule has 1 amide bonds. The maximum atomic E-state index is 12.6. The molecule has 0 unspecified atom stereocenters. The number of ether oxygens (including phenoxy) is 3. The highest BCUT2D eigenvalue weighted by Gasteiger charge is 2.17. The Morgan fingerprint density at radius 2 is 2.00 bits per heavy atom. The molecule has 1 aromatic carbocycles. The van der Waals surface area contributed by atoms with Crippen LogP contribution in [0.3, 0.4) is 0 Å². The molecule has 0 atom stereocenters. The van der Waals surface area contributed by atoms with Gasteiger partial charge in [0.05, 0.1) is 33.1 Å². The Morgan fingerprint density at radius 3 is 2.72 bits per heavy atom. The van der Waals surface area contributed by atoms with Crippen molar-refractivity contribution < 1.29 is 19.0 Å². The minimum atomic E-state index is -0.344. The van der Waals surface area contributed by atoms with Crippen LogP contribution in [0, 0.1) is 0 Å². The number of carbonyl (C=O) groups excluding carboxylic acids is 1. The van der Waals surface area contributed by atoms with Gasteiger partial charge in [-0.05, 0) is 18.2 Å². The van der Waals surface area contributed by atoms with Crippen molar-refractivity contribution in [2.75, 3.05) is 50.7 Å². The number of rotatable bonds is 5. The molecule has 1 aliphatic heterocycles. The second kappa shape index (κ2) is 7.80. The molecular weight excluding hydrogens is 324 g/mol. The van der Waals surface area contributed by atoms with E-state index in [1.165, 1.54) is 0 Å². The average Bonchev–Trinajstić information content (AvgIpc) is 2.68. The van der Waals surface area contributed by atoms with Gasteiger partial charge < -0.3 is 24.4 Å². The first kappa shape index (κ1) is 17.0. The molecule has 0 aliphatic carbocycles. The van der Waals surface area contributed by atoms with Crippen LogP contribution in [0.2, 0.25) is 0 Å². The first-order chi connectivity index (χ1) is 12.2. The SMILES string of the molecule is COc1ccc(OC)c(NC(=O)c2ccnc(N3CCOCC3)n2)c1. The van der Waals surface area contributed by atoms with Gasteiger partial charge in [-0.2, -0.15) is 0 Å². The van der Waals surface area contributed by atoms with Crippen molar-refractivity contribution >= 4 is 17.5 Å². The Balaban J connectivity index is 1.79. The lowest BCUT2D eigenvalue weighted by atomic mass is 10.2. The van der Waals surface area contributed by atoms with E-state index in [0.717, 1.165) is 0 Å². The average molecular weight is 344 g/mol. The van der Waals surface area contributed by atoms with Crippen molar-refractivity contribution in [3.8, 4) is 11.5 Å². The summed E-state index contributed by atoms with van der Waals surface area (Å²) in [4.78, 5) is 23.2. The van der Waals surface area contributed by atoms with Gasteiger partial charge in [-0.3, -0.25) is 4.79 Å². The lowest BCUT2D eigenvalue weighted by Crippen LogP contribution is -2.37. The fourth-order valence-electron chi connectivity index (χ4n) is 2.49.